The van der Waals surface area contributed by atoms with Gasteiger partial charge in [0.2, 0.25) is 0 Å². The lowest BCUT2D eigenvalue weighted by Crippen LogP contribution is -2.47. The van der Waals surface area contributed by atoms with Crippen LogP contribution in [0.5, 0.6) is 0 Å². The number of amides is 1. The molecule has 3 rings (SSSR count). The Hall–Kier alpha value is -2.32. The molecule has 1 N–H and O–H groups in total. The summed E-state index contributed by atoms with van der Waals surface area (Å²) in [5.74, 6) is -1.21. The summed E-state index contributed by atoms with van der Waals surface area (Å²) in [5.41, 5.74) is 1.04. The highest BCUT2D eigenvalue weighted by Gasteiger charge is 2.29. The third-order valence-corrected chi connectivity index (χ3v) is 4.99. The van der Waals surface area contributed by atoms with Gasteiger partial charge in [-0.05, 0) is 30.3 Å². The zero-order chi connectivity index (χ0) is 21.0. The topological polar surface area (TPSA) is 35.6 Å². The number of benzene rings is 2. The van der Waals surface area contributed by atoms with Crippen molar-refractivity contribution in [1.82, 2.24) is 4.90 Å². The van der Waals surface area contributed by atoms with Crippen LogP contribution in [0.3, 0.4) is 0 Å². The van der Waals surface area contributed by atoms with Crippen LogP contribution in [-0.2, 0) is 0 Å². The summed E-state index contributed by atoms with van der Waals surface area (Å²) in [5, 5.41) is 3.17. The first kappa shape index (κ1) is 21.4. The van der Waals surface area contributed by atoms with Gasteiger partial charge in [0, 0.05) is 37.7 Å². The van der Waals surface area contributed by atoms with Crippen molar-refractivity contribution in [2.75, 3.05) is 42.9 Å². The Balaban J connectivity index is 1.70. The first-order valence-electron chi connectivity index (χ1n) is 9.12. The second kappa shape index (κ2) is 9.00. The second-order valence-corrected chi connectivity index (χ2v) is 7.23. The average molecular weight is 430 g/mol. The highest BCUT2D eigenvalue weighted by atomic mass is 35.5. The van der Waals surface area contributed by atoms with E-state index in [2.05, 4.69) is 5.32 Å². The molecule has 0 aliphatic carbocycles. The molecule has 1 aliphatic heterocycles. The van der Waals surface area contributed by atoms with Crippen LogP contribution in [-0.4, -0.2) is 49.7 Å². The summed E-state index contributed by atoms with van der Waals surface area (Å²) in [6.07, 6.45) is -5.01. The van der Waals surface area contributed by atoms with Crippen molar-refractivity contribution in [2.45, 2.75) is 12.6 Å². The van der Waals surface area contributed by atoms with Crippen molar-refractivity contribution < 1.29 is 22.4 Å². The summed E-state index contributed by atoms with van der Waals surface area (Å²) in [6.45, 7) is 1.86. The second-order valence-electron chi connectivity index (χ2n) is 6.79. The van der Waals surface area contributed by atoms with Crippen LogP contribution in [0.25, 0.3) is 0 Å². The number of carbonyl (C=O) groups excluding carboxylic acids is 1. The molecule has 29 heavy (non-hydrogen) atoms. The number of hydrogen-bond acceptors (Lipinski definition) is 3. The number of anilines is 2. The molecule has 4 nitrogen and oxygen atoms in total. The normalized spacial score (nSPS) is 15.4. The van der Waals surface area contributed by atoms with Crippen LogP contribution >= 0.6 is 11.6 Å². The van der Waals surface area contributed by atoms with Crippen LogP contribution in [0.4, 0.5) is 28.9 Å². The average Bonchev–Trinajstić information content (AvgIpc) is 2.68. The SMILES string of the molecule is O=C(Nc1ccc(Cl)cc1N1CCN(CCC(F)(F)F)CC1)c1ccccc1F. The van der Waals surface area contributed by atoms with Gasteiger partial charge in [-0.25, -0.2) is 4.39 Å². The molecule has 1 amide bonds. The fraction of sp³-hybridized carbons (Fsp3) is 0.350. The zero-order valence-electron chi connectivity index (χ0n) is 15.5. The Labute approximate surface area is 171 Å². The van der Waals surface area contributed by atoms with Gasteiger partial charge in [0.1, 0.15) is 5.82 Å². The number of nitrogens with zero attached hydrogens (tertiary/aromatic N) is 2. The van der Waals surface area contributed by atoms with E-state index in [-0.39, 0.29) is 12.1 Å². The Morgan fingerprint density at radius 2 is 1.76 bits per heavy atom. The smallest absolute Gasteiger partial charge is 0.367 e. The van der Waals surface area contributed by atoms with Crippen LogP contribution in [0.2, 0.25) is 5.02 Å². The Morgan fingerprint density at radius 3 is 2.41 bits per heavy atom. The molecule has 2 aromatic carbocycles. The number of rotatable bonds is 5. The highest BCUT2D eigenvalue weighted by molar-refractivity contribution is 6.31. The van der Waals surface area contributed by atoms with Crippen LogP contribution < -0.4 is 10.2 Å². The summed E-state index contributed by atoms with van der Waals surface area (Å²) in [4.78, 5) is 16.2. The van der Waals surface area contributed by atoms with Gasteiger partial charge < -0.3 is 10.2 Å². The molecule has 0 spiro atoms. The van der Waals surface area contributed by atoms with E-state index in [1.807, 2.05) is 4.90 Å². The molecule has 1 saturated heterocycles. The van der Waals surface area contributed by atoms with Crippen molar-refractivity contribution in [2.24, 2.45) is 0 Å². The predicted octanol–water partition coefficient (Wildman–Crippen LogP) is 4.81. The summed E-state index contributed by atoms with van der Waals surface area (Å²) in [6, 6.07) is 10.6. The van der Waals surface area contributed by atoms with Crippen LogP contribution in [0, 0.1) is 5.82 Å². The van der Waals surface area contributed by atoms with Gasteiger partial charge in [-0.3, -0.25) is 9.69 Å². The van der Waals surface area contributed by atoms with E-state index in [0.717, 1.165) is 0 Å². The van der Waals surface area contributed by atoms with E-state index < -0.39 is 24.3 Å². The molecule has 1 heterocycles. The molecule has 0 unspecified atom stereocenters. The Kier molecular flexibility index (Phi) is 6.64. The molecule has 156 valence electrons. The predicted molar refractivity (Wildman–Crippen MR) is 105 cm³/mol. The Morgan fingerprint density at radius 1 is 1.07 bits per heavy atom. The monoisotopic (exact) mass is 429 g/mol. The number of piperazine rings is 1. The molecule has 0 atom stereocenters. The number of nitrogens with one attached hydrogen (secondary N) is 1. The van der Waals surface area contributed by atoms with Gasteiger partial charge >= 0.3 is 6.18 Å². The van der Waals surface area contributed by atoms with Gasteiger partial charge in [-0.2, -0.15) is 13.2 Å². The lowest BCUT2D eigenvalue weighted by Gasteiger charge is -2.37. The van der Waals surface area contributed by atoms with E-state index in [0.29, 0.717) is 42.6 Å². The number of hydrogen-bond donors (Lipinski definition) is 1. The standard InChI is InChI=1S/C20H20ClF4N3O/c21-14-5-6-17(26-19(29)15-3-1-2-4-16(15)22)18(13-14)28-11-9-27(10-12-28)8-7-20(23,24)25/h1-6,13H,7-12H2,(H,26,29). The number of alkyl halides is 3. The van der Waals surface area contributed by atoms with E-state index in [1.54, 1.807) is 29.2 Å². The van der Waals surface area contributed by atoms with E-state index in [9.17, 15) is 22.4 Å². The molecule has 2 aromatic rings. The van der Waals surface area contributed by atoms with Crippen molar-refractivity contribution in [1.29, 1.82) is 0 Å². The van der Waals surface area contributed by atoms with E-state index in [4.69, 9.17) is 11.6 Å². The minimum Gasteiger partial charge on any atom is -0.367 e. The molecule has 0 saturated carbocycles. The fourth-order valence-corrected chi connectivity index (χ4v) is 3.37. The quantitative estimate of drug-likeness (QED) is 0.693. The molecular formula is C20H20ClF4N3O. The number of carbonyl (C=O) groups is 1. The molecule has 1 fully saturated rings. The van der Waals surface area contributed by atoms with Crippen molar-refractivity contribution in [3.63, 3.8) is 0 Å². The first-order valence-corrected chi connectivity index (χ1v) is 9.50. The third kappa shape index (κ3) is 5.83. The number of halogens is 5. The van der Waals surface area contributed by atoms with Crippen molar-refractivity contribution >= 4 is 28.9 Å². The van der Waals surface area contributed by atoms with Crippen molar-refractivity contribution in [3.8, 4) is 0 Å². The summed E-state index contributed by atoms with van der Waals surface area (Å²) in [7, 11) is 0. The van der Waals surface area contributed by atoms with Crippen molar-refractivity contribution in [3.05, 3.63) is 58.9 Å². The maximum Gasteiger partial charge on any atom is 0.390 e. The van der Waals surface area contributed by atoms with Gasteiger partial charge in [0.05, 0.1) is 23.4 Å². The first-order chi connectivity index (χ1) is 13.7. The van der Waals surface area contributed by atoms with Gasteiger partial charge in [-0.15, -0.1) is 0 Å². The van der Waals surface area contributed by atoms with Gasteiger partial charge in [-0.1, -0.05) is 23.7 Å². The van der Waals surface area contributed by atoms with Gasteiger partial charge in [0.15, 0.2) is 0 Å². The van der Waals surface area contributed by atoms with Crippen LogP contribution in [0.15, 0.2) is 42.5 Å². The summed E-state index contributed by atoms with van der Waals surface area (Å²) < 4.78 is 51.1. The molecular weight excluding hydrogens is 410 g/mol. The lowest BCUT2D eigenvalue weighted by molar-refractivity contribution is -0.138. The molecule has 1 aliphatic rings. The Bertz CT molecular complexity index is 867. The lowest BCUT2D eigenvalue weighted by atomic mass is 10.1. The fourth-order valence-electron chi connectivity index (χ4n) is 3.20. The zero-order valence-corrected chi connectivity index (χ0v) is 16.2. The third-order valence-electron chi connectivity index (χ3n) is 4.75. The molecule has 9 heteroatoms. The maximum atomic E-state index is 13.9. The molecule has 0 bridgehead atoms. The molecule has 0 radical (unpaired) electrons. The van der Waals surface area contributed by atoms with E-state index >= 15 is 0 Å². The highest BCUT2D eigenvalue weighted by Crippen LogP contribution is 2.31. The molecule has 0 aromatic heterocycles. The summed E-state index contributed by atoms with van der Waals surface area (Å²) >= 11 is 6.11. The van der Waals surface area contributed by atoms with E-state index in [1.165, 1.54) is 18.2 Å². The maximum absolute atomic E-state index is 13.9. The van der Waals surface area contributed by atoms with Crippen LogP contribution in [0.1, 0.15) is 16.8 Å². The largest absolute Gasteiger partial charge is 0.390 e. The minimum atomic E-state index is -4.17. The van der Waals surface area contributed by atoms with Gasteiger partial charge in [0.25, 0.3) is 5.91 Å². The minimum absolute atomic E-state index is 0.0379.